The number of non-ortho nitro benzene ring substituents is 1. The third kappa shape index (κ3) is 4.74. The molecule has 0 radical (unpaired) electrons. The molecular weight excluding hydrogens is 308 g/mol. The average Bonchev–Trinajstić information content (AvgIpc) is 2.55. The van der Waals surface area contributed by atoms with E-state index in [2.05, 4.69) is 5.32 Å². The highest BCUT2D eigenvalue weighted by atomic mass is 16.6. The minimum Gasteiger partial charge on any atom is -0.494 e. The summed E-state index contributed by atoms with van der Waals surface area (Å²) in [5.74, 6) is -2.12. The molecule has 0 aliphatic carbocycles. The number of ether oxygens (including phenoxy) is 1. The van der Waals surface area contributed by atoms with E-state index in [-0.39, 0.29) is 36.6 Å². The zero-order chi connectivity index (χ0) is 17.4. The number of carbonyl (C=O) groups is 3. The quantitative estimate of drug-likeness (QED) is 0.307. The van der Waals surface area contributed by atoms with Crippen molar-refractivity contribution in [1.82, 2.24) is 4.90 Å². The molecule has 0 aliphatic heterocycles. The predicted molar refractivity (Wildman–Crippen MR) is 79.7 cm³/mol. The molecule has 0 heterocycles. The molecule has 10 nitrogen and oxygen atoms in total. The molecule has 0 aliphatic rings. The van der Waals surface area contributed by atoms with Crippen molar-refractivity contribution in [3.05, 3.63) is 28.3 Å². The monoisotopic (exact) mass is 324 g/mol. The van der Waals surface area contributed by atoms with Crippen molar-refractivity contribution in [3.8, 4) is 5.75 Å². The normalized spacial score (nSPS) is 9.83. The first-order valence-corrected chi connectivity index (χ1v) is 6.54. The van der Waals surface area contributed by atoms with Crippen LogP contribution in [0.2, 0.25) is 0 Å². The maximum absolute atomic E-state index is 11.9. The third-order valence-corrected chi connectivity index (χ3v) is 2.83. The smallest absolute Gasteiger partial charge is 0.318 e. The van der Waals surface area contributed by atoms with E-state index in [0.717, 1.165) is 12.1 Å². The zero-order valence-electron chi connectivity index (χ0n) is 12.4. The highest BCUT2D eigenvalue weighted by Gasteiger charge is 2.23. The van der Waals surface area contributed by atoms with Crippen LogP contribution in [0.3, 0.4) is 0 Å². The Morgan fingerprint density at radius 2 is 2.17 bits per heavy atom. The summed E-state index contributed by atoms with van der Waals surface area (Å²) in [7, 11) is 1.26. The van der Waals surface area contributed by atoms with E-state index >= 15 is 0 Å². The second kappa shape index (κ2) is 8.44. The highest BCUT2D eigenvalue weighted by molar-refractivity contribution is 6.41. The molecule has 0 saturated heterocycles. The molecule has 10 heteroatoms. The molecule has 3 amide bonds. The van der Waals surface area contributed by atoms with E-state index in [9.17, 15) is 24.5 Å². The molecule has 124 valence electrons. The standard InChI is InChI=1S/C13H16N4O6/c1-23-11-7-9(17(21)22)3-4-10(11)15-12(19)13(20)16(8-18)6-2-5-14/h3-4,7-8H,2,5-6,14H2,1H3,(H,15,19). The van der Waals surface area contributed by atoms with Crippen molar-refractivity contribution < 1.29 is 24.0 Å². The van der Waals surface area contributed by atoms with Gasteiger partial charge in [-0.3, -0.25) is 29.4 Å². The summed E-state index contributed by atoms with van der Waals surface area (Å²) in [4.78, 5) is 45.3. The average molecular weight is 324 g/mol. The van der Waals surface area contributed by atoms with Crippen molar-refractivity contribution in [3.63, 3.8) is 0 Å². The first-order valence-electron chi connectivity index (χ1n) is 6.54. The Kier molecular flexibility index (Phi) is 6.62. The summed E-state index contributed by atoms with van der Waals surface area (Å²) in [6.07, 6.45) is 0.600. The van der Waals surface area contributed by atoms with Crippen LogP contribution in [0.25, 0.3) is 0 Å². The lowest BCUT2D eigenvalue weighted by atomic mass is 10.2. The Morgan fingerprint density at radius 3 is 2.70 bits per heavy atom. The minimum atomic E-state index is -1.07. The van der Waals surface area contributed by atoms with Gasteiger partial charge in [0.2, 0.25) is 6.41 Å². The van der Waals surface area contributed by atoms with Crippen LogP contribution in [-0.2, 0) is 14.4 Å². The van der Waals surface area contributed by atoms with Gasteiger partial charge in [-0.05, 0) is 19.0 Å². The summed E-state index contributed by atoms with van der Waals surface area (Å²) in [6, 6.07) is 3.48. The van der Waals surface area contributed by atoms with Gasteiger partial charge in [0.15, 0.2) is 0 Å². The molecule has 0 aromatic heterocycles. The fourth-order valence-corrected chi connectivity index (χ4v) is 1.67. The Balaban J connectivity index is 2.89. The fourth-order valence-electron chi connectivity index (χ4n) is 1.67. The second-order valence-corrected chi connectivity index (χ2v) is 4.34. The maximum atomic E-state index is 11.9. The Morgan fingerprint density at radius 1 is 1.48 bits per heavy atom. The van der Waals surface area contributed by atoms with Gasteiger partial charge in [-0.1, -0.05) is 0 Å². The van der Waals surface area contributed by atoms with Crippen molar-refractivity contribution >= 4 is 29.6 Å². The largest absolute Gasteiger partial charge is 0.494 e. The predicted octanol–water partition coefficient (Wildman–Crippen LogP) is -0.124. The van der Waals surface area contributed by atoms with E-state index in [1.54, 1.807) is 0 Å². The topological polar surface area (TPSA) is 145 Å². The van der Waals surface area contributed by atoms with Crippen molar-refractivity contribution in [1.29, 1.82) is 0 Å². The van der Waals surface area contributed by atoms with E-state index in [0.29, 0.717) is 11.3 Å². The van der Waals surface area contributed by atoms with Crippen LogP contribution < -0.4 is 15.8 Å². The van der Waals surface area contributed by atoms with Crippen LogP contribution in [0.5, 0.6) is 5.75 Å². The Labute approximate surface area is 131 Å². The molecule has 23 heavy (non-hydrogen) atoms. The number of carbonyl (C=O) groups excluding carboxylic acids is 3. The second-order valence-electron chi connectivity index (χ2n) is 4.34. The Hall–Kier alpha value is -3.01. The lowest BCUT2D eigenvalue weighted by Gasteiger charge is -2.15. The molecule has 1 aromatic carbocycles. The summed E-state index contributed by atoms with van der Waals surface area (Å²) in [6.45, 7) is 0.277. The lowest BCUT2D eigenvalue weighted by molar-refractivity contribution is -0.384. The van der Waals surface area contributed by atoms with E-state index in [1.165, 1.54) is 13.2 Å². The van der Waals surface area contributed by atoms with Crippen LogP contribution in [-0.4, -0.2) is 48.2 Å². The molecule has 0 spiro atoms. The first-order chi connectivity index (χ1) is 10.9. The van der Waals surface area contributed by atoms with Crippen LogP contribution in [0.4, 0.5) is 11.4 Å². The van der Waals surface area contributed by atoms with Gasteiger partial charge in [0, 0.05) is 12.6 Å². The fraction of sp³-hybridized carbons (Fsp3) is 0.308. The summed E-state index contributed by atoms with van der Waals surface area (Å²) in [5.41, 5.74) is 5.12. The van der Waals surface area contributed by atoms with Crippen molar-refractivity contribution in [2.45, 2.75) is 6.42 Å². The molecule has 0 fully saturated rings. The highest BCUT2D eigenvalue weighted by Crippen LogP contribution is 2.28. The molecule has 1 rings (SSSR count). The van der Waals surface area contributed by atoms with E-state index < -0.39 is 16.7 Å². The number of methoxy groups -OCH3 is 1. The van der Waals surface area contributed by atoms with Gasteiger partial charge in [-0.15, -0.1) is 0 Å². The number of amides is 3. The molecule has 0 bridgehead atoms. The van der Waals surface area contributed by atoms with Gasteiger partial charge in [-0.25, -0.2) is 0 Å². The van der Waals surface area contributed by atoms with Gasteiger partial charge >= 0.3 is 11.8 Å². The number of nitro benzene ring substituents is 1. The molecule has 0 atom stereocenters. The number of rotatable bonds is 7. The number of hydrogen-bond acceptors (Lipinski definition) is 7. The molecule has 0 saturated carbocycles. The molecule has 0 unspecified atom stereocenters. The summed E-state index contributed by atoms with van der Waals surface area (Å²) < 4.78 is 4.94. The number of benzene rings is 1. The first kappa shape index (κ1) is 18.0. The van der Waals surface area contributed by atoms with Gasteiger partial charge in [-0.2, -0.15) is 0 Å². The SMILES string of the molecule is COc1cc([N+](=O)[O-])ccc1NC(=O)C(=O)N(C=O)CCCN. The van der Waals surface area contributed by atoms with Crippen LogP contribution in [0.15, 0.2) is 18.2 Å². The molecule has 1 aromatic rings. The number of anilines is 1. The Bertz CT molecular complexity index is 618. The van der Waals surface area contributed by atoms with Crippen molar-refractivity contribution in [2.24, 2.45) is 5.73 Å². The number of nitrogens with zero attached hydrogens (tertiary/aromatic N) is 2. The molecule has 3 N–H and O–H groups in total. The minimum absolute atomic E-state index is 0.0139. The lowest BCUT2D eigenvalue weighted by Crippen LogP contribution is -2.40. The summed E-state index contributed by atoms with van der Waals surface area (Å²) >= 11 is 0. The number of nitro groups is 1. The van der Waals surface area contributed by atoms with Gasteiger partial charge < -0.3 is 15.8 Å². The van der Waals surface area contributed by atoms with Gasteiger partial charge in [0.1, 0.15) is 5.75 Å². The zero-order valence-corrected chi connectivity index (χ0v) is 12.4. The van der Waals surface area contributed by atoms with E-state index in [4.69, 9.17) is 10.5 Å². The summed E-state index contributed by atoms with van der Waals surface area (Å²) in [5, 5.41) is 12.9. The number of imide groups is 1. The van der Waals surface area contributed by atoms with Crippen molar-refractivity contribution in [2.75, 3.05) is 25.5 Å². The van der Waals surface area contributed by atoms with Gasteiger partial charge in [0.05, 0.1) is 23.8 Å². The number of nitrogens with one attached hydrogen (secondary N) is 1. The van der Waals surface area contributed by atoms with Crippen LogP contribution >= 0.6 is 0 Å². The number of nitrogens with two attached hydrogens (primary N) is 1. The van der Waals surface area contributed by atoms with Gasteiger partial charge in [0.25, 0.3) is 5.69 Å². The van der Waals surface area contributed by atoms with Crippen LogP contribution in [0, 0.1) is 10.1 Å². The third-order valence-electron chi connectivity index (χ3n) is 2.83. The van der Waals surface area contributed by atoms with E-state index in [1.807, 2.05) is 0 Å². The molecular formula is C13H16N4O6. The maximum Gasteiger partial charge on any atom is 0.318 e. The van der Waals surface area contributed by atoms with Crippen LogP contribution in [0.1, 0.15) is 6.42 Å². The number of hydrogen-bond donors (Lipinski definition) is 2.